The third-order valence-electron chi connectivity index (χ3n) is 3.11. The molecular formula is C14H15N5O. The van der Waals surface area contributed by atoms with Crippen LogP contribution in [0.4, 0.5) is 0 Å². The van der Waals surface area contributed by atoms with Crippen LogP contribution in [0.5, 0.6) is 0 Å². The number of hydrogen-bond donors (Lipinski definition) is 0. The van der Waals surface area contributed by atoms with Gasteiger partial charge in [0.2, 0.25) is 0 Å². The molecule has 0 atom stereocenters. The maximum Gasteiger partial charge on any atom is 0.257 e. The van der Waals surface area contributed by atoms with E-state index in [2.05, 4.69) is 10.1 Å². The molecule has 0 aromatic carbocycles. The minimum Gasteiger partial charge on any atom is -0.336 e. The summed E-state index contributed by atoms with van der Waals surface area (Å²) in [7, 11) is 3.55. The quantitative estimate of drug-likeness (QED) is 0.721. The fourth-order valence-electron chi connectivity index (χ4n) is 2.13. The Labute approximate surface area is 116 Å². The number of hydrogen-bond acceptors (Lipinski definition) is 3. The number of nitrogens with zero attached hydrogens (tertiary/aromatic N) is 5. The Morgan fingerprint density at radius 1 is 1.35 bits per heavy atom. The first-order valence-electron chi connectivity index (χ1n) is 6.30. The molecule has 3 aromatic rings. The highest BCUT2D eigenvalue weighted by molar-refractivity contribution is 5.93. The van der Waals surface area contributed by atoms with E-state index >= 15 is 0 Å². The molecule has 1 amide bonds. The molecule has 0 radical (unpaired) electrons. The predicted molar refractivity (Wildman–Crippen MR) is 74.2 cm³/mol. The molecule has 6 nitrogen and oxygen atoms in total. The van der Waals surface area contributed by atoms with Crippen molar-refractivity contribution >= 4 is 11.6 Å². The van der Waals surface area contributed by atoms with Gasteiger partial charge in [-0.05, 0) is 12.1 Å². The van der Waals surface area contributed by atoms with Gasteiger partial charge in [0.25, 0.3) is 5.91 Å². The predicted octanol–water partition coefficient (Wildman–Crippen LogP) is 1.34. The van der Waals surface area contributed by atoms with Crippen LogP contribution in [0, 0.1) is 0 Å². The molecule has 102 valence electrons. The molecule has 0 bridgehead atoms. The second-order valence-corrected chi connectivity index (χ2v) is 4.76. The van der Waals surface area contributed by atoms with Crippen molar-refractivity contribution in [3.8, 4) is 0 Å². The number of pyridine rings is 1. The van der Waals surface area contributed by atoms with E-state index in [0.29, 0.717) is 12.1 Å². The highest BCUT2D eigenvalue weighted by Crippen LogP contribution is 2.09. The molecule has 20 heavy (non-hydrogen) atoms. The number of carbonyl (C=O) groups is 1. The molecule has 3 rings (SSSR count). The number of aryl methyl sites for hydroxylation is 1. The van der Waals surface area contributed by atoms with Crippen molar-refractivity contribution in [1.82, 2.24) is 24.1 Å². The maximum absolute atomic E-state index is 12.2. The van der Waals surface area contributed by atoms with Crippen molar-refractivity contribution in [1.29, 1.82) is 0 Å². The second-order valence-electron chi connectivity index (χ2n) is 4.76. The zero-order valence-electron chi connectivity index (χ0n) is 11.4. The first-order chi connectivity index (χ1) is 9.63. The van der Waals surface area contributed by atoms with E-state index in [1.54, 1.807) is 36.1 Å². The lowest BCUT2D eigenvalue weighted by molar-refractivity contribution is 0.0783. The SMILES string of the molecule is CN(Cc1cn2ccccc2n1)C(=O)c1cnn(C)c1. The van der Waals surface area contributed by atoms with E-state index in [-0.39, 0.29) is 5.91 Å². The number of amides is 1. The zero-order chi connectivity index (χ0) is 14.1. The van der Waals surface area contributed by atoms with Gasteiger partial charge in [-0.2, -0.15) is 5.10 Å². The Hall–Kier alpha value is -2.63. The van der Waals surface area contributed by atoms with Crippen molar-refractivity contribution in [2.24, 2.45) is 7.05 Å². The van der Waals surface area contributed by atoms with Crippen LogP contribution in [0.3, 0.4) is 0 Å². The van der Waals surface area contributed by atoms with Crippen LogP contribution in [0.25, 0.3) is 5.65 Å². The molecule has 0 aliphatic rings. The molecule has 0 saturated heterocycles. The molecule has 0 aliphatic carbocycles. The van der Waals surface area contributed by atoms with Crippen molar-refractivity contribution < 1.29 is 4.79 Å². The zero-order valence-corrected chi connectivity index (χ0v) is 11.4. The Kier molecular flexibility index (Phi) is 2.98. The number of rotatable bonds is 3. The summed E-state index contributed by atoms with van der Waals surface area (Å²) in [6.07, 6.45) is 7.15. The van der Waals surface area contributed by atoms with Gasteiger partial charge in [-0.15, -0.1) is 0 Å². The standard InChI is InChI=1S/C14H15N5O/c1-17(14(20)11-7-15-18(2)8-11)9-12-10-19-6-4-3-5-13(19)16-12/h3-8,10H,9H2,1-2H3. The maximum atomic E-state index is 12.2. The van der Waals surface area contributed by atoms with Gasteiger partial charge in [-0.1, -0.05) is 6.07 Å². The molecule has 6 heteroatoms. The highest BCUT2D eigenvalue weighted by atomic mass is 16.2. The molecule has 0 unspecified atom stereocenters. The first kappa shape index (κ1) is 12.4. The largest absolute Gasteiger partial charge is 0.336 e. The lowest BCUT2D eigenvalue weighted by Gasteiger charge is -2.14. The smallest absolute Gasteiger partial charge is 0.257 e. The van der Waals surface area contributed by atoms with Gasteiger partial charge in [0.15, 0.2) is 0 Å². The minimum atomic E-state index is -0.0600. The molecule has 0 spiro atoms. The number of fused-ring (bicyclic) bond motifs is 1. The van der Waals surface area contributed by atoms with E-state index in [0.717, 1.165) is 11.3 Å². The minimum absolute atomic E-state index is 0.0600. The molecule has 0 fully saturated rings. The van der Waals surface area contributed by atoms with Crippen molar-refractivity contribution in [3.05, 3.63) is 54.2 Å². The fourth-order valence-corrected chi connectivity index (χ4v) is 2.13. The molecular weight excluding hydrogens is 254 g/mol. The first-order valence-corrected chi connectivity index (χ1v) is 6.30. The summed E-state index contributed by atoms with van der Waals surface area (Å²) in [4.78, 5) is 18.3. The van der Waals surface area contributed by atoms with Crippen LogP contribution < -0.4 is 0 Å². The summed E-state index contributed by atoms with van der Waals surface area (Å²) >= 11 is 0. The lowest BCUT2D eigenvalue weighted by atomic mass is 10.3. The van der Waals surface area contributed by atoms with E-state index < -0.39 is 0 Å². The average molecular weight is 269 g/mol. The van der Waals surface area contributed by atoms with Gasteiger partial charge < -0.3 is 9.30 Å². The monoisotopic (exact) mass is 269 g/mol. The van der Waals surface area contributed by atoms with Gasteiger partial charge in [-0.3, -0.25) is 9.48 Å². The number of aromatic nitrogens is 4. The number of carbonyl (C=O) groups excluding carboxylic acids is 1. The van der Waals surface area contributed by atoms with E-state index in [1.165, 1.54) is 0 Å². The summed E-state index contributed by atoms with van der Waals surface area (Å²) < 4.78 is 3.56. The van der Waals surface area contributed by atoms with Crippen molar-refractivity contribution in [3.63, 3.8) is 0 Å². The van der Waals surface area contributed by atoms with Crippen molar-refractivity contribution in [2.75, 3.05) is 7.05 Å². The van der Waals surface area contributed by atoms with Crippen LogP contribution in [-0.4, -0.2) is 37.0 Å². The summed E-state index contributed by atoms with van der Waals surface area (Å²) in [5.74, 6) is -0.0600. The highest BCUT2D eigenvalue weighted by Gasteiger charge is 2.14. The Morgan fingerprint density at radius 2 is 2.20 bits per heavy atom. The van der Waals surface area contributed by atoms with E-state index in [1.807, 2.05) is 35.0 Å². The van der Waals surface area contributed by atoms with Crippen LogP contribution >= 0.6 is 0 Å². The van der Waals surface area contributed by atoms with Gasteiger partial charge in [0, 0.05) is 32.7 Å². The van der Waals surface area contributed by atoms with Gasteiger partial charge in [-0.25, -0.2) is 4.98 Å². The Balaban J connectivity index is 1.78. The molecule has 0 aliphatic heterocycles. The van der Waals surface area contributed by atoms with Gasteiger partial charge in [0.1, 0.15) is 5.65 Å². The topological polar surface area (TPSA) is 55.4 Å². The molecule has 0 N–H and O–H groups in total. The Bertz CT molecular complexity index is 725. The number of imidazole rings is 1. The normalized spacial score (nSPS) is 10.9. The molecule has 0 saturated carbocycles. The van der Waals surface area contributed by atoms with Crippen LogP contribution in [0.15, 0.2) is 43.0 Å². The van der Waals surface area contributed by atoms with Crippen LogP contribution in [0.1, 0.15) is 16.1 Å². The summed E-state index contributed by atoms with van der Waals surface area (Å²) in [6.45, 7) is 0.468. The fraction of sp³-hybridized carbons (Fsp3) is 0.214. The summed E-state index contributed by atoms with van der Waals surface area (Å²) in [5, 5.41) is 4.01. The Morgan fingerprint density at radius 3 is 2.90 bits per heavy atom. The van der Waals surface area contributed by atoms with E-state index in [9.17, 15) is 4.79 Å². The van der Waals surface area contributed by atoms with Crippen LogP contribution in [0.2, 0.25) is 0 Å². The van der Waals surface area contributed by atoms with Crippen molar-refractivity contribution in [2.45, 2.75) is 6.54 Å². The third-order valence-corrected chi connectivity index (χ3v) is 3.11. The lowest BCUT2D eigenvalue weighted by Crippen LogP contribution is -2.26. The van der Waals surface area contributed by atoms with Gasteiger partial charge >= 0.3 is 0 Å². The van der Waals surface area contributed by atoms with Crippen LogP contribution in [-0.2, 0) is 13.6 Å². The third kappa shape index (κ3) is 2.27. The summed E-state index contributed by atoms with van der Waals surface area (Å²) in [5.41, 5.74) is 2.32. The second kappa shape index (κ2) is 4.80. The summed E-state index contributed by atoms with van der Waals surface area (Å²) in [6, 6.07) is 5.83. The van der Waals surface area contributed by atoms with Gasteiger partial charge in [0.05, 0.1) is 24.0 Å². The van der Waals surface area contributed by atoms with E-state index in [4.69, 9.17) is 0 Å². The average Bonchev–Trinajstić information content (AvgIpc) is 3.03. The molecule has 3 heterocycles. The molecule has 3 aromatic heterocycles.